The molecular weight excluding hydrogens is 294 g/mol. The van der Waals surface area contributed by atoms with Gasteiger partial charge in [0.15, 0.2) is 0 Å². The highest BCUT2D eigenvalue weighted by molar-refractivity contribution is 5.89. The molecule has 0 bridgehead atoms. The van der Waals surface area contributed by atoms with Gasteiger partial charge in [0.05, 0.1) is 18.1 Å². The highest BCUT2D eigenvalue weighted by atomic mass is 16.3. The number of hydrogen-bond acceptors (Lipinski definition) is 4. The molecule has 2 amide bonds. The van der Waals surface area contributed by atoms with Crippen LogP contribution in [0.1, 0.15) is 25.7 Å². The van der Waals surface area contributed by atoms with Gasteiger partial charge in [0.1, 0.15) is 0 Å². The van der Waals surface area contributed by atoms with E-state index in [1.807, 2.05) is 29.2 Å². The maximum atomic E-state index is 12.4. The predicted molar refractivity (Wildman–Crippen MR) is 86.4 cm³/mol. The van der Waals surface area contributed by atoms with Crippen molar-refractivity contribution >= 4 is 11.7 Å². The van der Waals surface area contributed by atoms with E-state index in [0.29, 0.717) is 12.6 Å². The maximum Gasteiger partial charge on any atom is 0.322 e. The van der Waals surface area contributed by atoms with Gasteiger partial charge in [0.25, 0.3) is 0 Å². The van der Waals surface area contributed by atoms with Gasteiger partial charge in [0.2, 0.25) is 0 Å². The van der Waals surface area contributed by atoms with Crippen molar-refractivity contribution in [2.75, 3.05) is 18.5 Å². The van der Waals surface area contributed by atoms with Crippen LogP contribution in [-0.4, -0.2) is 50.2 Å². The molecule has 122 valence electrons. The van der Waals surface area contributed by atoms with Gasteiger partial charge in [-0.25, -0.2) is 9.48 Å². The summed E-state index contributed by atoms with van der Waals surface area (Å²) in [5, 5.41) is 19.5. The highest BCUT2D eigenvalue weighted by Crippen LogP contribution is 2.28. The lowest BCUT2D eigenvalue weighted by molar-refractivity contribution is 0.204. The lowest BCUT2D eigenvalue weighted by atomic mass is 10.2. The first kappa shape index (κ1) is 15.5. The number of hydrogen-bond donors (Lipinski definition) is 2. The first-order valence-electron chi connectivity index (χ1n) is 7.93. The Balaban J connectivity index is 1.59. The van der Waals surface area contributed by atoms with Crippen LogP contribution in [-0.2, 0) is 0 Å². The fraction of sp³-hybridized carbons (Fsp3) is 0.438. The number of nitrogens with zero attached hydrogens (tertiary/aromatic N) is 4. The smallest absolute Gasteiger partial charge is 0.322 e. The second-order valence-electron chi connectivity index (χ2n) is 5.68. The largest absolute Gasteiger partial charge is 0.396 e. The zero-order chi connectivity index (χ0) is 16.1. The van der Waals surface area contributed by atoms with E-state index in [9.17, 15) is 4.79 Å². The average molecular weight is 315 g/mol. The lowest BCUT2D eigenvalue weighted by Gasteiger charge is -2.22. The van der Waals surface area contributed by atoms with E-state index in [1.165, 1.54) is 0 Å². The number of aliphatic hydroxyl groups is 1. The number of carbonyl (C=O) groups excluding carboxylic acids is 1. The van der Waals surface area contributed by atoms with Gasteiger partial charge in [-0.15, -0.1) is 5.10 Å². The number of aliphatic hydroxyl groups excluding tert-OH is 1. The summed E-state index contributed by atoms with van der Waals surface area (Å²) < 4.78 is 1.66. The summed E-state index contributed by atoms with van der Waals surface area (Å²) in [5.74, 6) is 0. The van der Waals surface area contributed by atoms with Gasteiger partial charge in [0, 0.05) is 24.9 Å². The van der Waals surface area contributed by atoms with Gasteiger partial charge >= 0.3 is 6.03 Å². The Bertz CT molecular complexity index is 622. The lowest BCUT2D eigenvalue weighted by Crippen LogP contribution is -2.37. The third-order valence-corrected chi connectivity index (χ3v) is 3.86. The minimum atomic E-state index is -0.0704. The Morgan fingerprint density at radius 1 is 1.30 bits per heavy atom. The molecule has 0 spiro atoms. The molecule has 0 aliphatic heterocycles. The van der Waals surface area contributed by atoms with Crippen LogP contribution in [0.3, 0.4) is 0 Å². The first-order chi connectivity index (χ1) is 11.3. The minimum Gasteiger partial charge on any atom is -0.396 e. The zero-order valence-corrected chi connectivity index (χ0v) is 12.9. The molecule has 0 unspecified atom stereocenters. The van der Waals surface area contributed by atoms with Crippen molar-refractivity contribution in [3.05, 3.63) is 36.7 Å². The minimum absolute atomic E-state index is 0.0704. The van der Waals surface area contributed by atoms with Crippen molar-refractivity contribution in [2.24, 2.45) is 0 Å². The number of urea groups is 1. The van der Waals surface area contributed by atoms with Crippen LogP contribution < -0.4 is 5.32 Å². The normalized spacial score (nSPS) is 13.8. The van der Waals surface area contributed by atoms with Crippen LogP contribution in [0.25, 0.3) is 5.69 Å². The standard InChI is InChI=1S/C16H21N5O2/c22-12-2-1-10-20(14-7-8-14)16(23)18-13-3-5-15(6-4-13)21-11-9-17-19-21/h3-6,9,11,14,22H,1-2,7-8,10,12H2,(H,18,23). The molecule has 0 radical (unpaired) electrons. The molecule has 3 rings (SSSR count). The van der Waals surface area contributed by atoms with E-state index in [4.69, 9.17) is 5.11 Å². The van der Waals surface area contributed by atoms with E-state index >= 15 is 0 Å². The Morgan fingerprint density at radius 3 is 2.70 bits per heavy atom. The number of benzene rings is 1. The summed E-state index contributed by atoms with van der Waals surface area (Å²) in [6, 6.07) is 7.76. The number of aromatic nitrogens is 3. The number of nitrogens with one attached hydrogen (secondary N) is 1. The molecular formula is C16H21N5O2. The molecule has 0 atom stereocenters. The summed E-state index contributed by atoms with van der Waals surface area (Å²) in [6.45, 7) is 0.859. The van der Waals surface area contributed by atoms with Crippen molar-refractivity contribution in [1.82, 2.24) is 19.9 Å². The predicted octanol–water partition coefficient (Wildman–Crippen LogP) is 2.04. The Morgan fingerprint density at radius 2 is 2.09 bits per heavy atom. The number of amides is 2. The Labute approximate surface area is 134 Å². The molecule has 0 saturated heterocycles. The number of rotatable bonds is 7. The molecule has 1 aliphatic rings. The second-order valence-corrected chi connectivity index (χ2v) is 5.68. The van der Waals surface area contributed by atoms with Crippen LogP contribution in [0.2, 0.25) is 0 Å². The number of carbonyl (C=O) groups is 1. The molecule has 1 heterocycles. The molecule has 7 heteroatoms. The van der Waals surface area contributed by atoms with Crippen molar-refractivity contribution < 1.29 is 9.90 Å². The third kappa shape index (κ3) is 4.07. The first-order valence-corrected chi connectivity index (χ1v) is 7.93. The molecule has 1 fully saturated rings. The summed E-state index contributed by atoms with van der Waals surface area (Å²) in [6.07, 6.45) is 7.07. The molecule has 1 aromatic heterocycles. The molecule has 23 heavy (non-hydrogen) atoms. The van der Waals surface area contributed by atoms with Crippen LogP contribution in [0.4, 0.5) is 10.5 Å². The van der Waals surface area contributed by atoms with E-state index in [0.717, 1.165) is 37.1 Å². The fourth-order valence-corrected chi connectivity index (χ4v) is 2.47. The number of unbranched alkanes of at least 4 members (excludes halogenated alkanes) is 1. The third-order valence-electron chi connectivity index (χ3n) is 3.86. The topological polar surface area (TPSA) is 83.3 Å². The van der Waals surface area contributed by atoms with Crippen molar-refractivity contribution in [3.63, 3.8) is 0 Å². The molecule has 7 nitrogen and oxygen atoms in total. The summed E-state index contributed by atoms with van der Waals surface area (Å²) in [7, 11) is 0. The molecule has 1 aliphatic carbocycles. The maximum absolute atomic E-state index is 12.4. The second kappa shape index (κ2) is 7.23. The van der Waals surface area contributed by atoms with Gasteiger partial charge < -0.3 is 15.3 Å². The van der Waals surface area contributed by atoms with Crippen LogP contribution in [0, 0.1) is 0 Å². The summed E-state index contributed by atoms with van der Waals surface area (Å²) in [4.78, 5) is 14.3. The van der Waals surface area contributed by atoms with Crippen LogP contribution in [0.15, 0.2) is 36.7 Å². The van der Waals surface area contributed by atoms with Crippen LogP contribution in [0.5, 0.6) is 0 Å². The molecule has 2 N–H and O–H groups in total. The van der Waals surface area contributed by atoms with Gasteiger partial charge in [-0.3, -0.25) is 0 Å². The van der Waals surface area contributed by atoms with Gasteiger partial charge in [-0.05, 0) is 49.9 Å². The van der Waals surface area contributed by atoms with Crippen LogP contribution >= 0.6 is 0 Å². The monoisotopic (exact) mass is 315 g/mol. The SMILES string of the molecule is O=C(Nc1ccc(-n2ccnn2)cc1)N(CCCCO)C1CC1. The molecule has 1 aromatic carbocycles. The van der Waals surface area contributed by atoms with Crippen molar-refractivity contribution in [2.45, 2.75) is 31.7 Å². The van der Waals surface area contributed by atoms with E-state index in [1.54, 1.807) is 17.1 Å². The molecule has 1 saturated carbocycles. The zero-order valence-electron chi connectivity index (χ0n) is 12.9. The highest BCUT2D eigenvalue weighted by Gasteiger charge is 2.32. The van der Waals surface area contributed by atoms with E-state index in [2.05, 4.69) is 15.6 Å². The quantitative estimate of drug-likeness (QED) is 0.766. The van der Waals surface area contributed by atoms with Gasteiger partial charge in [-0.1, -0.05) is 5.21 Å². The van der Waals surface area contributed by atoms with E-state index in [-0.39, 0.29) is 12.6 Å². The fourth-order valence-electron chi connectivity index (χ4n) is 2.47. The van der Waals surface area contributed by atoms with Crippen molar-refractivity contribution in [1.29, 1.82) is 0 Å². The Kier molecular flexibility index (Phi) is 4.87. The van der Waals surface area contributed by atoms with E-state index < -0.39 is 0 Å². The summed E-state index contributed by atoms with van der Waals surface area (Å²) in [5.41, 5.74) is 1.65. The average Bonchev–Trinajstić information content (AvgIpc) is 3.25. The summed E-state index contributed by atoms with van der Waals surface area (Å²) >= 11 is 0. The Hall–Kier alpha value is -2.41. The van der Waals surface area contributed by atoms with Gasteiger partial charge in [-0.2, -0.15) is 0 Å². The number of anilines is 1. The molecule has 2 aromatic rings. The van der Waals surface area contributed by atoms with Crippen molar-refractivity contribution in [3.8, 4) is 5.69 Å².